The van der Waals surface area contributed by atoms with Gasteiger partial charge < -0.3 is 14.8 Å². The molecule has 1 amide bonds. The first-order valence-electron chi connectivity index (χ1n) is 11.2. The molecule has 2 aromatic carbocycles. The molecule has 2 aromatic heterocycles. The Morgan fingerprint density at radius 1 is 1.06 bits per heavy atom. The molecule has 2 unspecified atom stereocenters. The lowest BCUT2D eigenvalue weighted by Gasteiger charge is -2.30. The van der Waals surface area contributed by atoms with Gasteiger partial charge in [0.05, 0.1) is 26.1 Å². The number of halogens is 1. The number of fused-ring (bicyclic) bond motifs is 1. The first-order chi connectivity index (χ1) is 17.5. The van der Waals surface area contributed by atoms with Gasteiger partial charge >= 0.3 is 0 Å². The van der Waals surface area contributed by atoms with Crippen LogP contribution in [-0.4, -0.2) is 45.6 Å². The highest BCUT2D eigenvalue weighted by Crippen LogP contribution is 2.39. The number of pyridine rings is 1. The lowest BCUT2D eigenvalue weighted by Crippen LogP contribution is -2.39. The number of aromatic nitrogens is 4. The van der Waals surface area contributed by atoms with Gasteiger partial charge in [0.15, 0.2) is 17.3 Å². The van der Waals surface area contributed by atoms with E-state index in [1.807, 2.05) is 0 Å². The van der Waals surface area contributed by atoms with E-state index in [0.29, 0.717) is 39.8 Å². The molecular formula is C26H23FN6O3. The Morgan fingerprint density at radius 2 is 1.86 bits per heavy atom. The number of rotatable bonds is 6. The molecule has 9 nitrogen and oxygen atoms in total. The number of ether oxygens (including phenoxy) is 2. The first-order valence-corrected chi connectivity index (χ1v) is 11.2. The van der Waals surface area contributed by atoms with Crippen molar-refractivity contribution in [1.82, 2.24) is 19.7 Å². The Labute approximate surface area is 206 Å². The van der Waals surface area contributed by atoms with E-state index >= 15 is 4.39 Å². The predicted octanol–water partition coefficient (Wildman–Crippen LogP) is 4.45. The minimum absolute atomic E-state index is 0.274. The number of aliphatic imine (C=N–C) groups is 1. The standard InChI is InChI=1S/C26H23FN6O3/c1-15-22(25(34)30-17-7-6-12-28-14-17)23(18-8-4-5-9-19(18)27)33-26(29-15)31-24(32-33)16-10-11-20(35-2)21(13-16)36-3/h4-14,22-23H,1-3H3,(H,30,34). The van der Waals surface area contributed by atoms with Crippen LogP contribution in [-0.2, 0) is 4.79 Å². The van der Waals surface area contributed by atoms with Crippen LogP contribution in [0.5, 0.6) is 11.5 Å². The molecule has 3 heterocycles. The average Bonchev–Trinajstić information content (AvgIpc) is 3.32. The topological polar surface area (TPSA) is 104 Å². The van der Waals surface area contributed by atoms with Gasteiger partial charge in [0.1, 0.15) is 17.8 Å². The zero-order valence-electron chi connectivity index (χ0n) is 19.8. The van der Waals surface area contributed by atoms with Gasteiger partial charge in [0, 0.05) is 23.0 Å². The molecule has 10 heteroatoms. The van der Waals surface area contributed by atoms with Gasteiger partial charge in [-0.3, -0.25) is 9.78 Å². The van der Waals surface area contributed by atoms with Gasteiger partial charge in [0.25, 0.3) is 0 Å². The molecule has 4 aromatic rings. The van der Waals surface area contributed by atoms with Gasteiger partial charge in [-0.15, -0.1) is 5.10 Å². The SMILES string of the molecule is COc1ccc(-c2nc3n(n2)C(c2ccccc2F)C(C(=O)Nc2cccnc2)C(C)=N3)cc1OC. The maximum absolute atomic E-state index is 15.1. The average molecular weight is 487 g/mol. The van der Waals surface area contributed by atoms with E-state index in [4.69, 9.17) is 9.47 Å². The van der Waals surface area contributed by atoms with Crippen molar-refractivity contribution in [3.8, 4) is 22.9 Å². The van der Waals surface area contributed by atoms with E-state index in [0.717, 1.165) is 0 Å². The van der Waals surface area contributed by atoms with Crippen molar-refractivity contribution in [1.29, 1.82) is 0 Å². The largest absolute Gasteiger partial charge is 0.493 e. The molecule has 5 rings (SSSR count). The smallest absolute Gasteiger partial charge is 0.248 e. The van der Waals surface area contributed by atoms with Crippen molar-refractivity contribution in [3.63, 3.8) is 0 Å². The van der Waals surface area contributed by atoms with Gasteiger partial charge in [-0.1, -0.05) is 18.2 Å². The Bertz CT molecular complexity index is 1450. The fourth-order valence-electron chi connectivity index (χ4n) is 4.29. The maximum atomic E-state index is 15.1. The number of hydrogen-bond acceptors (Lipinski definition) is 7. The number of carbonyl (C=O) groups excluding carboxylic acids is 1. The van der Waals surface area contributed by atoms with Crippen molar-refractivity contribution in [3.05, 3.63) is 78.4 Å². The summed E-state index contributed by atoms with van der Waals surface area (Å²) in [4.78, 5) is 26.7. The van der Waals surface area contributed by atoms with Gasteiger partial charge in [-0.2, -0.15) is 4.98 Å². The summed E-state index contributed by atoms with van der Waals surface area (Å²) in [6.07, 6.45) is 3.16. The molecule has 0 saturated carbocycles. The maximum Gasteiger partial charge on any atom is 0.248 e. The van der Waals surface area contributed by atoms with Crippen LogP contribution < -0.4 is 14.8 Å². The highest BCUT2D eigenvalue weighted by atomic mass is 19.1. The molecule has 2 atom stereocenters. The van der Waals surface area contributed by atoms with E-state index in [2.05, 4.69) is 25.4 Å². The molecule has 0 bridgehead atoms. The van der Waals surface area contributed by atoms with Crippen LogP contribution in [0.4, 0.5) is 16.0 Å². The van der Waals surface area contributed by atoms with Crippen LogP contribution in [0.2, 0.25) is 0 Å². The monoisotopic (exact) mass is 486 g/mol. The zero-order chi connectivity index (χ0) is 25.2. The molecule has 0 radical (unpaired) electrons. The number of amides is 1. The first kappa shape index (κ1) is 23.2. The molecule has 1 aliphatic rings. The van der Waals surface area contributed by atoms with Crippen LogP contribution in [0.3, 0.4) is 0 Å². The van der Waals surface area contributed by atoms with Crippen LogP contribution in [0.1, 0.15) is 18.5 Å². The third-order valence-electron chi connectivity index (χ3n) is 6.00. The fourth-order valence-corrected chi connectivity index (χ4v) is 4.29. The number of carbonyl (C=O) groups is 1. The highest BCUT2D eigenvalue weighted by molar-refractivity contribution is 6.10. The lowest BCUT2D eigenvalue weighted by molar-refractivity contribution is -0.118. The van der Waals surface area contributed by atoms with E-state index < -0.39 is 17.8 Å². The van der Waals surface area contributed by atoms with Gasteiger partial charge in [-0.05, 0) is 43.3 Å². The third-order valence-corrected chi connectivity index (χ3v) is 6.00. The van der Waals surface area contributed by atoms with E-state index in [9.17, 15) is 4.79 Å². The summed E-state index contributed by atoms with van der Waals surface area (Å²) in [6, 6.07) is 14.3. The van der Waals surface area contributed by atoms with Crippen molar-refractivity contribution in [2.75, 3.05) is 19.5 Å². The number of hydrogen-bond donors (Lipinski definition) is 1. The highest BCUT2D eigenvalue weighted by Gasteiger charge is 2.40. The molecular weight excluding hydrogens is 463 g/mol. The number of nitrogens with zero attached hydrogens (tertiary/aromatic N) is 5. The Morgan fingerprint density at radius 3 is 2.58 bits per heavy atom. The second-order valence-corrected chi connectivity index (χ2v) is 8.18. The summed E-state index contributed by atoms with van der Waals surface area (Å²) in [5.41, 5.74) is 1.98. The van der Waals surface area contributed by atoms with Crippen molar-refractivity contribution in [2.45, 2.75) is 13.0 Å². The summed E-state index contributed by atoms with van der Waals surface area (Å²) in [5.74, 6) is 0.0665. The van der Waals surface area contributed by atoms with E-state index in [1.165, 1.54) is 10.7 Å². The summed E-state index contributed by atoms with van der Waals surface area (Å²) in [6.45, 7) is 1.73. The number of anilines is 1. The molecule has 1 aliphatic heterocycles. The molecule has 0 fully saturated rings. The van der Waals surface area contributed by atoms with Crippen molar-refractivity contribution >= 4 is 23.3 Å². The second kappa shape index (κ2) is 9.57. The van der Waals surface area contributed by atoms with Crippen LogP contribution >= 0.6 is 0 Å². The van der Waals surface area contributed by atoms with Crippen LogP contribution in [0.15, 0.2) is 72.0 Å². The van der Waals surface area contributed by atoms with Crippen molar-refractivity contribution < 1.29 is 18.7 Å². The number of methoxy groups -OCH3 is 2. The Balaban J connectivity index is 1.61. The molecule has 182 valence electrons. The lowest BCUT2D eigenvalue weighted by atomic mass is 9.87. The fraction of sp³-hybridized carbons (Fsp3) is 0.192. The zero-order valence-corrected chi connectivity index (χ0v) is 19.8. The second-order valence-electron chi connectivity index (χ2n) is 8.18. The molecule has 0 aliphatic carbocycles. The molecule has 1 N–H and O–H groups in total. The van der Waals surface area contributed by atoms with E-state index in [-0.39, 0.29) is 11.9 Å². The summed E-state index contributed by atoms with van der Waals surface area (Å²) in [5, 5.41) is 7.53. The van der Waals surface area contributed by atoms with Gasteiger partial charge in [0.2, 0.25) is 11.9 Å². The molecule has 0 saturated heterocycles. The Kier molecular flexibility index (Phi) is 6.16. The molecule has 36 heavy (non-hydrogen) atoms. The minimum Gasteiger partial charge on any atom is -0.493 e. The van der Waals surface area contributed by atoms with Crippen molar-refractivity contribution in [2.24, 2.45) is 10.9 Å². The number of benzene rings is 2. The normalized spacial score (nSPS) is 16.6. The molecule has 0 spiro atoms. The predicted molar refractivity (Wildman–Crippen MR) is 132 cm³/mol. The van der Waals surface area contributed by atoms with E-state index in [1.54, 1.807) is 82.1 Å². The number of nitrogens with one attached hydrogen (secondary N) is 1. The minimum atomic E-state index is -0.838. The van der Waals surface area contributed by atoms with Crippen LogP contribution in [0, 0.1) is 11.7 Å². The summed E-state index contributed by atoms with van der Waals surface area (Å²) in [7, 11) is 3.10. The third kappa shape index (κ3) is 4.17. The Hall–Kier alpha value is -4.60. The van der Waals surface area contributed by atoms with Gasteiger partial charge in [-0.25, -0.2) is 14.1 Å². The quantitative estimate of drug-likeness (QED) is 0.432. The van der Waals surface area contributed by atoms with Crippen LogP contribution in [0.25, 0.3) is 11.4 Å². The summed E-state index contributed by atoms with van der Waals surface area (Å²) < 4.78 is 27.3. The summed E-state index contributed by atoms with van der Waals surface area (Å²) >= 11 is 0.